The molecule has 6 heteroatoms. The lowest BCUT2D eigenvalue weighted by molar-refractivity contribution is 0.594. The van der Waals surface area contributed by atoms with Gasteiger partial charge in [-0.1, -0.05) is 30.3 Å². The van der Waals surface area contributed by atoms with E-state index in [2.05, 4.69) is 4.98 Å². The maximum atomic E-state index is 12.6. The monoisotopic (exact) mass is 304 g/mol. The van der Waals surface area contributed by atoms with Gasteiger partial charge in [0, 0.05) is 7.05 Å². The molecule has 0 atom stereocenters. The fourth-order valence-corrected chi connectivity index (χ4v) is 4.43. The first-order chi connectivity index (χ1) is 9.59. The molecule has 0 aliphatic rings. The largest absolute Gasteiger partial charge is 0.291 e. The maximum Gasteiger partial charge on any atom is 0.291 e. The third-order valence-corrected chi connectivity index (χ3v) is 6.15. The number of nitrogens with zero attached hydrogens (tertiary/aromatic N) is 2. The number of anilines is 1. The van der Waals surface area contributed by atoms with Crippen LogP contribution < -0.4 is 4.31 Å². The second kappa shape index (κ2) is 4.88. The van der Waals surface area contributed by atoms with E-state index in [0.717, 1.165) is 4.70 Å². The van der Waals surface area contributed by atoms with E-state index in [1.54, 1.807) is 24.3 Å². The Balaban J connectivity index is 2.07. The Kier molecular flexibility index (Phi) is 3.19. The van der Waals surface area contributed by atoms with Crippen molar-refractivity contribution in [2.24, 2.45) is 0 Å². The van der Waals surface area contributed by atoms with Crippen LogP contribution in [0.2, 0.25) is 0 Å². The second-order valence-corrected chi connectivity index (χ2v) is 7.43. The van der Waals surface area contributed by atoms with E-state index in [-0.39, 0.29) is 4.34 Å². The van der Waals surface area contributed by atoms with Gasteiger partial charge in [0.05, 0.1) is 15.9 Å². The molecular formula is C14H12N2O2S2. The summed E-state index contributed by atoms with van der Waals surface area (Å²) >= 11 is 1.19. The second-order valence-electron chi connectivity index (χ2n) is 4.26. The molecule has 1 aromatic heterocycles. The van der Waals surface area contributed by atoms with Gasteiger partial charge in [-0.25, -0.2) is 4.98 Å². The van der Waals surface area contributed by atoms with Gasteiger partial charge in [-0.3, -0.25) is 4.31 Å². The van der Waals surface area contributed by atoms with Gasteiger partial charge in [0.2, 0.25) is 4.34 Å². The summed E-state index contributed by atoms with van der Waals surface area (Å²) in [5, 5.41) is 0. The van der Waals surface area contributed by atoms with Crippen LogP contribution in [-0.2, 0) is 10.0 Å². The lowest BCUT2D eigenvalue weighted by atomic mass is 10.3. The van der Waals surface area contributed by atoms with Crippen LogP contribution in [0.15, 0.2) is 58.9 Å². The van der Waals surface area contributed by atoms with Crippen LogP contribution in [0.1, 0.15) is 0 Å². The topological polar surface area (TPSA) is 50.3 Å². The van der Waals surface area contributed by atoms with Crippen LogP contribution in [0, 0.1) is 0 Å². The number of thiazole rings is 1. The van der Waals surface area contributed by atoms with Crippen molar-refractivity contribution in [3.63, 3.8) is 0 Å². The van der Waals surface area contributed by atoms with Gasteiger partial charge >= 0.3 is 0 Å². The Bertz CT molecular complexity index is 809. The number of sulfonamides is 1. The highest BCUT2D eigenvalue weighted by molar-refractivity contribution is 7.94. The van der Waals surface area contributed by atoms with E-state index in [1.807, 2.05) is 30.3 Å². The van der Waals surface area contributed by atoms with E-state index in [9.17, 15) is 8.42 Å². The van der Waals surface area contributed by atoms with E-state index in [0.29, 0.717) is 11.2 Å². The fourth-order valence-electron chi connectivity index (χ4n) is 1.86. The van der Waals surface area contributed by atoms with Crippen LogP contribution in [0.25, 0.3) is 10.2 Å². The molecule has 0 saturated carbocycles. The van der Waals surface area contributed by atoms with E-state index < -0.39 is 10.0 Å². The number of fused-ring (bicyclic) bond motifs is 1. The molecule has 0 amide bonds. The number of hydrogen-bond donors (Lipinski definition) is 0. The molecule has 0 spiro atoms. The number of rotatable bonds is 3. The summed E-state index contributed by atoms with van der Waals surface area (Å²) in [5.74, 6) is 0. The molecule has 1 heterocycles. The summed E-state index contributed by atoms with van der Waals surface area (Å²) in [6.07, 6.45) is 0. The molecule has 20 heavy (non-hydrogen) atoms. The average Bonchev–Trinajstić information content (AvgIpc) is 2.92. The lowest BCUT2D eigenvalue weighted by Gasteiger charge is -2.17. The van der Waals surface area contributed by atoms with Gasteiger partial charge in [-0.15, -0.1) is 11.3 Å². The Morgan fingerprint density at radius 2 is 1.65 bits per heavy atom. The minimum Gasteiger partial charge on any atom is -0.267 e. The van der Waals surface area contributed by atoms with Crippen molar-refractivity contribution < 1.29 is 8.42 Å². The van der Waals surface area contributed by atoms with Gasteiger partial charge in [0.1, 0.15) is 0 Å². The van der Waals surface area contributed by atoms with Crippen LogP contribution >= 0.6 is 11.3 Å². The number of hydrogen-bond acceptors (Lipinski definition) is 4. The predicted molar refractivity (Wildman–Crippen MR) is 81.7 cm³/mol. The molecule has 4 nitrogen and oxygen atoms in total. The zero-order valence-corrected chi connectivity index (χ0v) is 12.4. The summed E-state index contributed by atoms with van der Waals surface area (Å²) in [4.78, 5) is 4.22. The molecule has 2 aromatic carbocycles. The molecule has 3 rings (SSSR count). The van der Waals surface area contributed by atoms with Crippen LogP contribution in [0.4, 0.5) is 5.69 Å². The predicted octanol–water partition coefficient (Wildman–Crippen LogP) is 3.12. The highest BCUT2D eigenvalue weighted by Crippen LogP contribution is 2.28. The van der Waals surface area contributed by atoms with Crippen LogP contribution in [-0.4, -0.2) is 20.4 Å². The molecule has 0 bridgehead atoms. The van der Waals surface area contributed by atoms with Gasteiger partial charge in [0.15, 0.2) is 0 Å². The number of para-hydroxylation sites is 2. The van der Waals surface area contributed by atoms with Crippen LogP contribution in [0.3, 0.4) is 0 Å². The van der Waals surface area contributed by atoms with Crippen LogP contribution in [0.5, 0.6) is 0 Å². The number of aromatic nitrogens is 1. The fraction of sp³-hybridized carbons (Fsp3) is 0.0714. The van der Waals surface area contributed by atoms with Gasteiger partial charge in [-0.05, 0) is 24.3 Å². The smallest absolute Gasteiger partial charge is 0.267 e. The zero-order valence-electron chi connectivity index (χ0n) is 10.7. The molecule has 0 radical (unpaired) electrons. The Hall–Kier alpha value is -1.92. The SMILES string of the molecule is CN(c1ccccc1)S(=O)(=O)c1nc2ccccc2s1. The van der Waals surface area contributed by atoms with Crippen molar-refractivity contribution in [3.8, 4) is 0 Å². The molecular weight excluding hydrogens is 292 g/mol. The molecule has 3 aromatic rings. The molecule has 0 saturated heterocycles. The zero-order chi connectivity index (χ0) is 14.2. The van der Waals surface area contributed by atoms with Crippen molar-refractivity contribution >= 4 is 37.3 Å². The van der Waals surface area contributed by atoms with Gasteiger partial charge in [0.25, 0.3) is 10.0 Å². The Labute approximate surface area is 121 Å². The lowest BCUT2D eigenvalue weighted by Crippen LogP contribution is -2.26. The highest BCUT2D eigenvalue weighted by atomic mass is 32.2. The van der Waals surface area contributed by atoms with E-state index >= 15 is 0 Å². The first-order valence-electron chi connectivity index (χ1n) is 5.98. The van der Waals surface area contributed by atoms with Crippen molar-refractivity contribution in [2.45, 2.75) is 4.34 Å². The Morgan fingerprint density at radius 3 is 2.35 bits per heavy atom. The highest BCUT2D eigenvalue weighted by Gasteiger charge is 2.25. The van der Waals surface area contributed by atoms with Crippen molar-refractivity contribution in [3.05, 3.63) is 54.6 Å². The third-order valence-electron chi connectivity index (χ3n) is 2.98. The van der Waals surface area contributed by atoms with Crippen molar-refractivity contribution in [2.75, 3.05) is 11.4 Å². The van der Waals surface area contributed by atoms with E-state index in [1.165, 1.54) is 22.7 Å². The van der Waals surface area contributed by atoms with Crippen molar-refractivity contribution in [1.29, 1.82) is 0 Å². The average molecular weight is 304 g/mol. The number of benzene rings is 2. The summed E-state index contributed by atoms with van der Waals surface area (Å²) in [6.45, 7) is 0. The molecule has 102 valence electrons. The minimum absolute atomic E-state index is 0.116. The first-order valence-corrected chi connectivity index (χ1v) is 8.24. The quantitative estimate of drug-likeness (QED) is 0.747. The molecule has 0 unspecified atom stereocenters. The normalized spacial score (nSPS) is 11.7. The molecule has 0 aliphatic heterocycles. The third kappa shape index (κ3) is 2.17. The van der Waals surface area contributed by atoms with Crippen molar-refractivity contribution in [1.82, 2.24) is 4.98 Å². The van der Waals surface area contributed by atoms with Gasteiger partial charge < -0.3 is 0 Å². The minimum atomic E-state index is -3.61. The summed E-state index contributed by atoms with van der Waals surface area (Å²) in [6, 6.07) is 16.4. The van der Waals surface area contributed by atoms with Gasteiger partial charge in [-0.2, -0.15) is 8.42 Å². The summed E-state index contributed by atoms with van der Waals surface area (Å²) < 4.78 is 27.4. The van der Waals surface area contributed by atoms with E-state index in [4.69, 9.17) is 0 Å². The molecule has 0 aliphatic carbocycles. The molecule has 0 N–H and O–H groups in total. The molecule has 0 fully saturated rings. The Morgan fingerprint density at radius 1 is 1.00 bits per heavy atom. The maximum absolute atomic E-state index is 12.6. The standard InChI is InChI=1S/C14H12N2O2S2/c1-16(11-7-3-2-4-8-11)20(17,18)14-15-12-9-5-6-10-13(12)19-14/h2-10H,1H3. The first kappa shape index (κ1) is 13.1. The summed E-state index contributed by atoms with van der Waals surface area (Å²) in [5.41, 5.74) is 1.32. The summed E-state index contributed by atoms with van der Waals surface area (Å²) in [7, 11) is -2.07.